The highest BCUT2D eigenvalue weighted by Crippen LogP contribution is 2.18. The fourth-order valence-electron chi connectivity index (χ4n) is 1.52. The number of aryl methyl sites for hydroxylation is 1. The highest BCUT2D eigenvalue weighted by Gasteiger charge is 2.30. The highest BCUT2D eigenvalue weighted by atomic mass is 19.4. The number of halogens is 3. The molecule has 0 spiro atoms. The molecule has 0 heterocycles. The van der Waals surface area contributed by atoms with Gasteiger partial charge < -0.3 is 10.1 Å². The van der Waals surface area contributed by atoms with Crippen LogP contribution in [0.4, 0.5) is 13.2 Å². The molecule has 0 aliphatic carbocycles. The summed E-state index contributed by atoms with van der Waals surface area (Å²) in [5, 5.41) is 2.23. The lowest BCUT2D eigenvalue weighted by Gasteiger charge is -2.08. The van der Waals surface area contributed by atoms with Gasteiger partial charge in [-0.1, -0.05) is 17.7 Å². The fraction of sp³-hybridized carbons (Fsp3) is 0.500. The molecule has 112 valence electrons. The Morgan fingerprint density at radius 3 is 2.45 bits per heavy atom. The van der Waals surface area contributed by atoms with Crippen molar-refractivity contribution in [3.8, 4) is 5.75 Å². The zero-order valence-electron chi connectivity index (χ0n) is 11.3. The third-order valence-corrected chi connectivity index (χ3v) is 2.54. The zero-order valence-corrected chi connectivity index (χ0v) is 11.3. The number of rotatable bonds is 7. The number of benzene rings is 1. The molecular weight excluding hydrogens is 271 g/mol. The molecule has 1 rings (SSSR count). The third-order valence-electron chi connectivity index (χ3n) is 2.54. The number of unbranched alkanes of at least 4 members (excludes halogenated alkanes) is 1. The normalized spacial score (nSPS) is 11.2. The first-order chi connectivity index (χ1) is 9.37. The summed E-state index contributed by atoms with van der Waals surface area (Å²) in [5.41, 5.74) is 1.14. The van der Waals surface area contributed by atoms with Crippen LogP contribution >= 0.6 is 0 Å². The molecular formula is C14H18F3NO2. The van der Waals surface area contributed by atoms with E-state index in [0.717, 1.165) is 11.3 Å². The van der Waals surface area contributed by atoms with Crippen LogP contribution in [0.5, 0.6) is 5.75 Å². The SMILES string of the molecule is Cc1ccc(OCCCCNC(=O)CC(F)(F)F)cc1. The predicted molar refractivity (Wildman–Crippen MR) is 69.6 cm³/mol. The van der Waals surface area contributed by atoms with E-state index >= 15 is 0 Å². The van der Waals surface area contributed by atoms with Crippen molar-refractivity contribution >= 4 is 5.91 Å². The molecule has 0 fully saturated rings. The predicted octanol–water partition coefficient (Wildman–Crippen LogP) is 3.22. The van der Waals surface area contributed by atoms with Crippen LogP contribution in [0.3, 0.4) is 0 Å². The van der Waals surface area contributed by atoms with Crippen molar-refractivity contribution in [1.29, 1.82) is 0 Å². The molecule has 6 heteroatoms. The quantitative estimate of drug-likeness (QED) is 0.783. The minimum absolute atomic E-state index is 0.228. The van der Waals surface area contributed by atoms with Crippen LogP contribution in [-0.4, -0.2) is 25.2 Å². The Hall–Kier alpha value is -1.72. The molecule has 0 radical (unpaired) electrons. The number of hydrogen-bond donors (Lipinski definition) is 1. The van der Waals surface area contributed by atoms with Crippen LogP contribution < -0.4 is 10.1 Å². The lowest BCUT2D eigenvalue weighted by atomic mass is 10.2. The van der Waals surface area contributed by atoms with Crippen molar-refractivity contribution in [2.45, 2.75) is 32.4 Å². The van der Waals surface area contributed by atoms with E-state index in [9.17, 15) is 18.0 Å². The van der Waals surface area contributed by atoms with Crippen LogP contribution in [0.2, 0.25) is 0 Å². The van der Waals surface area contributed by atoms with E-state index < -0.39 is 18.5 Å². The Labute approximate surface area is 116 Å². The van der Waals surface area contributed by atoms with Crippen molar-refractivity contribution in [1.82, 2.24) is 5.32 Å². The van der Waals surface area contributed by atoms with E-state index in [1.165, 1.54) is 0 Å². The average molecular weight is 289 g/mol. The van der Waals surface area contributed by atoms with Crippen molar-refractivity contribution < 1.29 is 22.7 Å². The van der Waals surface area contributed by atoms with Gasteiger partial charge in [-0.3, -0.25) is 4.79 Å². The fourth-order valence-corrected chi connectivity index (χ4v) is 1.52. The first-order valence-electron chi connectivity index (χ1n) is 6.40. The van der Waals surface area contributed by atoms with E-state index in [2.05, 4.69) is 5.32 Å². The van der Waals surface area contributed by atoms with Gasteiger partial charge >= 0.3 is 6.18 Å². The van der Waals surface area contributed by atoms with E-state index in [0.29, 0.717) is 19.4 Å². The Morgan fingerprint density at radius 1 is 1.20 bits per heavy atom. The summed E-state index contributed by atoms with van der Waals surface area (Å²) in [4.78, 5) is 10.9. The van der Waals surface area contributed by atoms with Gasteiger partial charge in [-0.25, -0.2) is 0 Å². The van der Waals surface area contributed by atoms with Gasteiger partial charge in [0.25, 0.3) is 0 Å². The second-order valence-electron chi connectivity index (χ2n) is 4.51. The average Bonchev–Trinajstić information content (AvgIpc) is 2.33. The Bertz CT molecular complexity index is 415. The van der Waals surface area contributed by atoms with Crippen molar-refractivity contribution in [3.63, 3.8) is 0 Å². The van der Waals surface area contributed by atoms with Gasteiger partial charge in [0, 0.05) is 6.54 Å². The summed E-state index contributed by atoms with van der Waals surface area (Å²) in [7, 11) is 0. The molecule has 3 nitrogen and oxygen atoms in total. The van der Waals surface area contributed by atoms with E-state index in [1.54, 1.807) is 0 Å². The molecule has 0 bridgehead atoms. The minimum atomic E-state index is -4.45. The maximum Gasteiger partial charge on any atom is 0.397 e. The number of hydrogen-bond acceptors (Lipinski definition) is 2. The van der Waals surface area contributed by atoms with Gasteiger partial charge in [0.15, 0.2) is 0 Å². The van der Waals surface area contributed by atoms with Gasteiger partial charge in [0.1, 0.15) is 12.2 Å². The largest absolute Gasteiger partial charge is 0.494 e. The van der Waals surface area contributed by atoms with Crippen LogP contribution in [-0.2, 0) is 4.79 Å². The van der Waals surface area contributed by atoms with E-state index in [4.69, 9.17) is 4.74 Å². The van der Waals surface area contributed by atoms with Crippen molar-refractivity contribution in [2.75, 3.05) is 13.2 Å². The zero-order chi connectivity index (χ0) is 15.0. The number of nitrogens with one attached hydrogen (secondary N) is 1. The van der Waals surface area contributed by atoms with Crippen LogP contribution in [0.25, 0.3) is 0 Å². The third kappa shape index (κ3) is 7.66. The molecule has 20 heavy (non-hydrogen) atoms. The number of carbonyl (C=O) groups is 1. The van der Waals surface area contributed by atoms with Gasteiger partial charge in [-0.2, -0.15) is 13.2 Å². The van der Waals surface area contributed by atoms with Gasteiger partial charge in [-0.05, 0) is 31.9 Å². The van der Waals surface area contributed by atoms with Gasteiger partial charge in [0.2, 0.25) is 5.91 Å². The summed E-state index contributed by atoms with van der Waals surface area (Å²) in [6, 6.07) is 7.60. The maximum absolute atomic E-state index is 11.9. The lowest BCUT2D eigenvalue weighted by molar-refractivity contribution is -0.153. The summed E-state index contributed by atoms with van der Waals surface area (Å²) in [5.74, 6) is -0.228. The lowest BCUT2D eigenvalue weighted by Crippen LogP contribution is -2.29. The van der Waals surface area contributed by atoms with Crippen LogP contribution in [0.1, 0.15) is 24.8 Å². The highest BCUT2D eigenvalue weighted by molar-refractivity contribution is 5.76. The summed E-state index contributed by atoms with van der Waals surface area (Å²) in [6.07, 6.45) is -4.62. The summed E-state index contributed by atoms with van der Waals surface area (Å²) >= 11 is 0. The van der Waals surface area contributed by atoms with Crippen LogP contribution in [0, 0.1) is 6.92 Å². The van der Waals surface area contributed by atoms with E-state index in [-0.39, 0.29) is 6.54 Å². The molecule has 1 aromatic rings. The smallest absolute Gasteiger partial charge is 0.397 e. The number of amides is 1. The summed E-state index contributed by atoms with van der Waals surface area (Å²) in [6.45, 7) is 2.68. The molecule has 0 aliphatic rings. The summed E-state index contributed by atoms with van der Waals surface area (Å²) < 4.78 is 41.1. The number of carbonyl (C=O) groups excluding carboxylic acids is 1. The van der Waals surface area contributed by atoms with Crippen LogP contribution in [0.15, 0.2) is 24.3 Å². The van der Waals surface area contributed by atoms with Gasteiger partial charge in [-0.15, -0.1) is 0 Å². The maximum atomic E-state index is 11.9. The second-order valence-corrected chi connectivity index (χ2v) is 4.51. The molecule has 0 unspecified atom stereocenters. The molecule has 1 amide bonds. The standard InChI is InChI=1S/C14H18F3NO2/c1-11-4-6-12(7-5-11)20-9-3-2-8-18-13(19)10-14(15,16)17/h4-7H,2-3,8-10H2,1H3,(H,18,19). The molecule has 0 saturated heterocycles. The molecule has 0 aliphatic heterocycles. The Kier molecular flexibility index (Phi) is 6.35. The first kappa shape index (κ1) is 16.3. The van der Waals surface area contributed by atoms with Gasteiger partial charge in [0.05, 0.1) is 6.61 Å². The van der Waals surface area contributed by atoms with Crippen molar-refractivity contribution in [3.05, 3.63) is 29.8 Å². The number of alkyl halides is 3. The molecule has 1 aromatic carbocycles. The topological polar surface area (TPSA) is 38.3 Å². The van der Waals surface area contributed by atoms with Crippen molar-refractivity contribution in [2.24, 2.45) is 0 Å². The van der Waals surface area contributed by atoms with E-state index in [1.807, 2.05) is 31.2 Å². The first-order valence-corrected chi connectivity index (χ1v) is 6.40. The Morgan fingerprint density at radius 2 is 1.85 bits per heavy atom. The molecule has 0 saturated carbocycles. The minimum Gasteiger partial charge on any atom is -0.494 e. The Balaban J connectivity index is 2.05. The number of ether oxygens (including phenoxy) is 1. The molecule has 0 atom stereocenters. The molecule has 1 N–H and O–H groups in total. The second kappa shape index (κ2) is 7.77. The monoisotopic (exact) mass is 289 g/mol. The molecule has 0 aromatic heterocycles.